The van der Waals surface area contributed by atoms with Crippen LogP contribution in [-0.2, 0) is 0 Å². The van der Waals surface area contributed by atoms with Gasteiger partial charge in [-0.1, -0.05) is 42.5 Å². The lowest BCUT2D eigenvalue weighted by atomic mass is 10.1. The van der Waals surface area contributed by atoms with E-state index in [0.29, 0.717) is 6.04 Å². The molecular formula is C11H13N. The highest BCUT2D eigenvalue weighted by atomic mass is 15.0. The fourth-order valence-electron chi connectivity index (χ4n) is 1.27. The van der Waals surface area contributed by atoms with Crippen LogP contribution in [0.5, 0.6) is 0 Å². The van der Waals surface area contributed by atoms with Crippen LogP contribution >= 0.6 is 0 Å². The van der Waals surface area contributed by atoms with Gasteiger partial charge >= 0.3 is 0 Å². The van der Waals surface area contributed by atoms with Gasteiger partial charge < -0.3 is 5.32 Å². The van der Waals surface area contributed by atoms with Crippen LogP contribution in [-0.4, -0.2) is 12.6 Å². The molecule has 1 heteroatoms. The highest BCUT2D eigenvalue weighted by molar-refractivity contribution is 5.49. The molecule has 1 heterocycles. The van der Waals surface area contributed by atoms with Gasteiger partial charge in [-0.15, -0.1) is 0 Å². The summed E-state index contributed by atoms with van der Waals surface area (Å²) in [6.45, 7) is 1.17. The molecule has 1 N–H and O–H groups in total. The third-order valence-corrected chi connectivity index (χ3v) is 2.18. The van der Waals surface area contributed by atoms with Crippen molar-refractivity contribution in [3.8, 4) is 0 Å². The summed E-state index contributed by atoms with van der Waals surface area (Å²) in [4.78, 5) is 0. The quantitative estimate of drug-likeness (QED) is 0.696. The lowest BCUT2D eigenvalue weighted by Gasteiger charge is -2.23. The monoisotopic (exact) mass is 159 g/mol. The van der Waals surface area contributed by atoms with E-state index in [4.69, 9.17) is 0 Å². The molecule has 1 saturated heterocycles. The molecule has 1 aliphatic heterocycles. The van der Waals surface area contributed by atoms with Crippen molar-refractivity contribution in [3.63, 3.8) is 0 Å². The van der Waals surface area contributed by atoms with Gasteiger partial charge in [-0.2, -0.15) is 0 Å². The van der Waals surface area contributed by atoms with Crippen LogP contribution in [0.4, 0.5) is 0 Å². The van der Waals surface area contributed by atoms with Crippen LogP contribution < -0.4 is 5.32 Å². The van der Waals surface area contributed by atoms with Crippen LogP contribution in [0.3, 0.4) is 0 Å². The van der Waals surface area contributed by atoms with Crippen molar-refractivity contribution < 1.29 is 0 Å². The summed E-state index contributed by atoms with van der Waals surface area (Å²) in [5.41, 5.74) is 1.28. The third-order valence-electron chi connectivity index (χ3n) is 2.18. The molecular weight excluding hydrogens is 146 g/mol. The molecule has 1 aliphatic rings. The SMILES string of the molecule is C(=C\C1CCN1)/c1ccccc1. The largest absolute Gasteiger partial charge is 0.310 e. The van der Waals surface area contributed by atoms with E-state index in [-0.39, 0.29) is 0 Å². The maximum absolute atomic E-state index is 3.33. The fourth-order valence-corrected chi connectivity index (χ4v) is 1.27. The Morgan fingerprint density at radius 1 is 1.25 bits per heavy atom. The van der Waals surface area contributed by atoms with Gasteiger partial charge in [-0.05, 0) is 18.5 Å². The summed E-state index contributed by atoms with van der Waals surface area (Å²) in [5, 5.41) is 3.33. The molecule has 0 aromatic heterocycles. The molecule has 1 aromatic rings. The van der Waals surface area contributed by atoms with E-state index in [1.165, 1.54) is 18.5 Å². The number of benzene rings is 1. The summed E-state index contributed by atoms with van der Waals surface area (Å²) in [6, 6.07) is 11.0. The van der Waals surface area contributed by atoms with Crippen molar-refractivity contribution in [2.24, 2.45) is 0 Å². The zero-order chi connectivity index (χ0) is 8.23. The molecule has 2 rings (SSSR count). The van der Waals surface area contributed by atoms with Gasteiger partial charge in [0.15, 0.2) is 0 Å². The lowest BCUT2D eigenvalue weighted by Crippen LogP contribution is -2.40. The number of hydrogen-bond acceptors (Lipinski definition) is 1. The summed E-state index contributed by atoms with van der Waals surface area (Å²) < 4.78 is 0. The first-order valence-electron chi connectivity index (χ1n) is 4.42. The Bertz CT molecular complexity index is 260. The van der Waals surface area contributed by atoms with Gasteiger partial charge in [0.2, 0.25) is 0 Å². The van der Waals surface area contributed by atoms with Crippen LogP contribution in [0, 0.1) is 0 Å². The van der Waals surface area contributed by atoms with E-state index in [1.54, 1.807) is 0 Å². The van der Waals surface area contributed by atoms with Crippen molar-refractivity contribution >= 4 is 6.08 Å². The Morgan fingerprint density at radius 2 is 2.00 bits per heavy atom. The van der Waals surface area contributed by atoms with E-state index in [9.17, 15) is 0 Å². The van der Waals surface area contributed by atoms with Crippen LogP contribution in [0.2, 0.25) is 0 Å². The Hall–Kier alpha value is -1.08. The average molecular weight is 159 g/mol. The highest BCUT2D eigenvalue weighted by Crippen LogP contribution is 2.07. The first-order chi connectivity index (χ1) is 5.95. The first-order valence-corrected chi connectivity index (χ1v) is 4.42. The molecule has 0 radical (unpaired) electrons. The normalized spacial score (nSPS) is 22.5. The molecule has 0 saturated carbocycles. The second-order valence-electron chi connectivity index (χ2n) is 3.12. The minimum Gasteiger partial charge on any atom is -0.310 e. The smallest absolute Gasteiger partial charge is 0.0265 e. The van der Waals surface area contributed by atoms with Gasteiger partial charge in [0.1, 0.15) is 0 Å². The molecule has 1 unspecified atom stereocenters. The van der Waals surface area contributed by atoms with Crippen LogP contribution in [0.1, 0.15) is 12.0 Å². The van der Waals surface area contributed by atoms with E-state index in [0.717, 1.165) is 0 Å². The van der Waals surface area contributed by atoms with E-state index < -0.39 is 0 Å². The van der Waals surface area contributed by atoms with Crippen molar-refractivity contribution in [1.82, 2.24) is 5.32 Å². The average Bonchev–Trinajstić information content (AvgIpc) is 2.04. The van der Waals surface area contributed by atoms with Gasteiger partial charge in [0, 0.05) is 6.04 Å². The van der Waals surface area contributed by atoms with Gasteiger partial charge in [0.05, 0.1) is 0 Å². The molecule has 1 aromatic carbocycles. The van der Waals surface area contributed by atoms with Crippen molar-refractivity contribution in [2.75, 3.05) is 6.54 Å². The highest BCUT2D eigenvalue weighted by Gasteiger charge is 2.11. The maximum Gasteiger partial charge on any atom is 0.0265 e. The predicted molar refractivity (Wildman–Crippen MR) is 51.9 cm³/mol. The summed E-state index contributed by atoms with van der Waals surface area (Å²) >= 11 is 0. The molecule has 0 bridgehead atoms. The molecule has 0 aliphatic carbocycles. The van der Waals surface area contributed by atoms with Gasteiger partial charge in [-0.25, -0.2) is 0 Å². The summed E-state index contributed by atoms with van der Waals surface area (Å²) in [7, 11) is 0. The Balaban J connectivity index is 1.98. The topological polar surface area (TPSA) is 12.0 Å². The van der Waals surface area contributed by atoms with E-state index >= 15 is 0 Å². The van der Waals surface area contributed by atoms with E-state index in [1.807, 2.05) is 6.07 Å². The van der Waals surface area contributed by atoms with Gasteiger partial charge in [0.25, 0.3) is 0 Å². The van der Waals surface area contributed by atoms with Crippen molar-refractivity contribution in [1.29, 1.82) is 0 Å². The predicted octanol–water partition coefficient (Wildman–Crippen LogP) is 2.06. The molecule has 0 spiro atoms. The Kier molecular flexibility index (Phi) is 2.23. The molecule has 1 fully saturated rings. The third kappa shape index (κ3) is 1.74. The molecule has 1 atom stereocenters. The minimum atomic E-state index is 0.616. The standard InChI is InChI=1S/C11H13N/c1-2-4-10(5-3-1)6-7-11-8-9-12-11/h1-7,11-12H,8-9H2/b7-6+. The fraction of sp³-hybridized carbons (Fsp3) is 0.273. The zero-order valence-corrected chi connectivity index (χ0v) is 7.03. The second kappa shape index (κ2) is 3.55. The van der Waals surface area contributed by atoms with Gasteiger partial charge in [-0.3, -0.25) is 0 Å². The lowest BCUT2D eigenvalue weighted by molar-refractivity contribution is 0.438. The molecule has 62 valence electrons. The summed E-state index contributed by atoms with van der Waals surface area (Å²) in [6.07, 6.45) is 5.69. The maximum atomic E-state index is 3.33. The van der Waals surface area contributed by atoms with Crippen LogP contribution in [0.25, 0.3) is 6.08 Å². The molecule has 12 heavy (non-hydrogen) atoms. The van der Waals surface area contributed by atoms with Crippen LogP contribution in [0.15, 0.2) is 36.4 Å². The second-order valence-corrected chi connectivity index (χ2v) is 3.12. The van der Waals surface area contributed by atoms with Crippen molar-refractivity contribution in [2.45, 2.75) is 12.5 Å². The summed E-state index contributed by atoms with van der Waals surface area (Å²) in [5.74, 6) is 0. The molecule has 0 amide bonds. The zero-order valence-electron chi connectivity index (χ0n) is 7.03. The Labute approximate surface area is 73.1 Å². The number of nitrogens with one attached hydrogen (secondary N) is 1. The first kappa shape index (κ1) is 7.56. The Morgan fingerprint density at radius 3 is 2.58 bits per heavy atom. The van der Waals surface area contributed by atoms with E-state index in [2.05, 4.69) is 41.7 Å². The number of hydrogen-bond donors (Lipinski definition) is 1. The number of rotatable bonds is 2. The van der Waals surface area contributed by atoms with Crippen molar-refractivity contribution in [3.05, 3.63) is 42.0 Å². The minimum absolute atomic E-state index is 0.616. The molecule has 1 nitrogen and oxygen atoms in total.